The Labute approximate surface area is 131 Å². The zero-order valence-corrected chi connectivity index (χ0v) is 13.2. The molecule has 2 aliphatic heterocycles. The second-order valence-electron chi connectivity index (χ2n) is 6.64. The van der Waals surface area contributed by atoms with E-state index in [2.05, 4.69) is 22.3 Å². The molecular formula is C17H23ClN2O. The Morgan fingerprint density at radius 1 is 1.33 bits per heavy atom. The molecule has 0 amide bonds. The monoisotopic (exact) mass is 306 g/mol. The molecule has 3 nitrogen and oxygen atoms in total. The molecule has 0 bridgehead atoms. The predicted molar refractivity (Wildman–Crippen MR) is 85.1 cm³/mol. The average molecular weight is 307 g/mol. The molecule has 2 heterocycles. The lowest BCUT2D eigenvalue weighted by atomic mass is 10.1. The molecule has 1 atom stereocenters. The Morgan fingerprint density at radius 2 is 2.24 bits per heavy atom. The first-order valence-electron chi connectivity index (χ1n) is 8.19. The molecule has 4 heteroatoms. The topological polar surface area (TPSA) is 24.5 Å². The molecule has 1 aromatic carbocycles. The molecular weight excluding hydrogens is 284 g/mol. The van der Waals surface area contributed by atoms with E-state index in [0.29, 0.717) is 6.04 Å². The van der Waals surface area contributed by atoms with Gasteiger partial charge in [0.1, 0.15) is 5.75 Å². The lowest BCUT2D eigenvalue weighted by Crippen LogP contribution is -2.39. The highest BCUT2D eigenvalue weighted by molar-refractivity contribution is 6.30. The van der Waals surface area contributed by atoms with Gasteiger partial charge >= 0.3 is 0 Å². The summed E-state index contributed by atoms with van der Waals surface area (Å²) in [5.74, 6) is 2.01. The Kier molecular flexibility index (Phi) is 3.82. The van der Waals surface area contributed by atoms with Crippen LogP contribution >= 0.6 is 11.6 Å². The quantitative estimate of drug-likeness (QED) is 0.929. The van der Waals surface area contributed by atoms with Gasteiger partial charge < -0.3 is 10.1 Å². The molecule has 1 unspecified atom stereocenters. The van der Waals surface area contributed by atoms with Crippen molar-refractivity contribution < 1.29 is 4.74 Å². The Bertz CT molecular complexity index is 530. The van der Waals surface area contributed by atoms with Crippen LogP contribution in [-0.4, -0.2) is 37.2 Å². The minimum absolute atomic E-state index is 0.681. The zero-order chi connectivity index (χ0) is 14.2. The fraction of sp³-hybridized carbons (Fsp3) is 0.647. The molecule has 0 aromatic heterocycles. The molecule has 1 N–H and O–H groups in total. The highest BCUT2D eigenvalue weighted by Crippen LogP contribution is 2.36. The van der Waals surface area contributed by atoms with E-state index in [1.54, 1.807) is 0 Å². The van der Waals surface area contributed by atoms with Gasteiger partial charge in [-0.2, -0.15) is 0 Å². The Morgan fingerprint density at radius 3 is 3.10 bits per heavy atom. The van der Waals surface area contributed by atoms with Crippen molar-refractivity contribution in [2.45, 2.75) is 38.3 Å². The van der Waals surface area contributed by atoms with Crippen molar-refractivity contribution in [3.8, 4) is 5.75 Å². The third-order valence-electron chi connectivity index (χ3n) is 4.92. The van der Waals surface area contributed by atoms with Gasteiger partial charge in [-0.3, -0.25) is 4.90 Å². The first-order valence-corrected chi connectivity index (χ1v) is 8.57. The van der Waals surface area contributed by atoms with Crippen LogP contribution in [0.5, 0.6) is 5.75 Å². The molecule has 1 saturated heterocycles. The summed E-state index contributed by atoms with van der Waals surface area (Å²) in [4.78, 5) is 2.58. The normalized spacial score (nSPS) is 26.2. The predicted octanol–water partition coefficient (Wildman–Crippen LogP) is 2.85. The van der Waals surface area contributed by atoms with E-state index in [1.807, 2.05) is 0 Å². The number of benzene rings is 1. The number of nitrogens with one attached hydrogen (secondary N) is 1. The number of halogens is 1. The van der Waals surface area contributed by atoms with E-state index in [0.717, 1.165) is 55.9 Å². The SMILES string of the molecule is Clc1cc2c(c(CN3CCCNC(C4CC4)C3)c1)OCC2. The van der Waals surface area contributed by atoms with Crippen molar-refractivity contribution in [3.05, 3.63) is 28.3 Å². The van der Waals surface area contributed by atoms with Gasteiger partial charge in [0.15, 0.2) is 0 Å². The number of fused-ring (bicyclic) bond motifs is 1. The number of ether oxygens (including phenoxy) is 1. The molecule has 0 spiro atoms. The van der Waals surface area contributed by atoms with Gasteiger partial charge in [0.25, 0.3) is 0 Å². The molecule has 21 heavy (non-hydrogen) atoms. The molecule has 1 aliphatic carbocycles. The summed E-state index contributed by atoms with van der Waals surface area (Å²) in [6, 6.07) is 4.83. The maximum Gasteiger partial charge on any atom is 0.127 e. The Balaban J connectivity index is 1.52. The number of hydrogen-bond donors (Lipinski definition) is 1. The van der Waals surface area contributed by atoms with Gasteiger partial charge in [-0.1, -0.05) is 11.6 Å². The van der Waals surface area contributed by atoms with Crippen LogP contribution in [-0.2, 0) is 13.0 Å². The summed E-state index contributed by atoms with van der Waals surface area (Å²) in [5, 5.41) is 4.57. The lowest BCUT2D eigenvalue weighted by Gasteiger charge is -2.25. The maximum absolute atomic E-state index is 6.28. The highest BCUT2D eigenvalue weighted by atomic mass is 35.5. The third kappa shape index (κ3) is 3.05. The molecule has 1 aromatic rings. The van der Waals surface area contributed by atoms with E-state index < -0.39 is 0 Å². The van der Waals surface area contributed by atoms with Crippen LogP contribution in [0.4, 0.5) is 0 Å². The fourth-order valence-electron chi connectivity index (χ4n) is 3.69. The van der Waals surface area contributed by atoms with Gasteiger partial charge in [-0.25, -0.2) is 0 Å². The minimum atomic E-state index is 0.681. The number of rotatable bonds is 3. The molecule has 3 aliphatic rings. The van der Waals surface area contributed by atoms with Gasteiger partial charge in [0.2, 0.25) is 0 Å². The maximum atomic E-state index is 6.28. The van der Waals surface area contributed by atoms with Crippen molar-refractivity contribution in [2.75, 3.05) is 26.2 Å². The van der Waals surface area contributed by atoms with Crippen molar-refractivity contribution >= 4 is 11.6 Å². The van der Waals surface area contributed by atoms with Crippen molar-refractivity contribution in [1.82, 2.24) is 10.2 Å². The summed E-state index contributed by atoms with van der Waals surface area (Å²) in [5.41, 5.74) is 2.55. The van der Waals surface area contributed by atoms with Gasteiger partial charge in [-0.15, -0.1) is 0 Å². The second-order valence-corrected chi connectivity index (χ2v) is 7.07. The van der Waals surface area contributed by atoms with E-state index in [4.69, 9.17) is 16.3 Å². The molecule has 1 saturated carbocycles. The summed E-state index contributed by atoms with van der Waals surface area (Å²) in [6.45, 7) is 5.24. The van der Waals surface area contributed by atoms with Crippen LogP contribution in [0, 0.1) is 5.92 Å². The Hall–Kier alpha value is -0.770. The summed E-state index contributed by atoms with van der Waals surface area (Å²) >= 11 is 6.28. The fourth-order valence-corrected chi connectivity index (χ4v) is 3.95. The van der Waals surface area contributed by atoms with Crippen molar-refractivity contribution in [2.24, 2.45) is 5.92 Å². The third-order valence-corrected chi connectivity index (χ3v) is 5.14. The van der Waals surface area contributed by atoms with E-state index in [9.17, 15) is 0 Å². The average Bonchev–Trinajstić information content (AvgIpc) is 3.22. The van der Waals surface area contributed by atoms with E-state index in [-0.39, 0.29) is 0 Å². The van der Waals surface area contributed by atoms with Crippen molar-refractivity contribution in [3.63, 3.8) is 0 Å². The minimum Gasteiger partial charge on any atom is -0.493 e. The first-order chi connectivity index (χ1) is 10.3. The molecule has 0 radical (unpaired) electrons. The van der Waals surface area contributed by atoms with E-state index >= 15 is 0 Å². The number of nitrogens with zero attached hydrogens (tertiary/aromatic N) is 1. The van der Waals surface area contributed by atoms with Gasteiger partial charge in [0, 0.05) is 36.1 Å². The smallest absolute Gasteiger partial charge is 0.127 e. The molecule has 4 rings (SSSR count). The molecule has 2 fully saturated rings. The second kappa shape index (κ2) is 5.79. The largest absolute Gasteiger partial charge is 0.493 e. The van der Waals surface area contributed by atoms with Crippen LogP contribution in [0.25, 0.3) is 0 Å². The number of hydrogen-bond acceptors (Lipinski definition) is 3. The van der Waals surface area contributed by atoms with Crippen LogP contribution < -0.4 is 10.1 Å². The van der Waals surface area contributed by atoms with Crippen molar-refractivity contribution in [1.29, 1.82) is 0 Å². The first kappa shape index (κ1) is 13.9. The summed E-state index contributed by atoms with van der Waals surface area (Å²) in [7, 11) is 0. The van der Waals surface area contributed by atoms with Crippen LogP contribution in [0.15, 0.2) is 12.1 Å². The molecule has 114 valence electrons. The summed E-state index contributed by atoms with van der Waals surface area (Å²) < 4.78 is 5.84. The highest BCUT2D eigenvalue weighted by Gasteiger charge is 2.33. The van der Waals surface area contributed by atoms with Crippen LogP contribution in [0.2, 0.25) is 5.02 Å². The van der Waals surface area contributed by atoms with E-state index in [1.165, 1.54) is 30.4 Å². The lowest BCUT2D eigenvalue weighted by molar-refractivity contribution is 0.246. The van der Waals surface area contributed by atoms with Gasteiger partial charge in [0.05, 0.1) is 6.61 Å². The zero-order valence-electron chi connectivity index (χ0n) is 12.4. The van der Waals surface area contributed by atoms with Crippen LogP contribution in [0.3, 0.4) is 0 Å². The summed E-state index contributed by atoms with van der Waals surface area (Å²) in [6.07, 6.45) is 5.03. The van der Waals surface area contributed by atoms with Crippen LogP contribution in [0.1, 0.15) is 30.4 Å². The standard InChI is InChI=1S/C17H23ClN2O/c18-15-8-13-4-7-21-17(13)14(9-15)10-20-6-1-5-19-16(11-20)12-2-3-12/h8-9,12,16,19H,1-7,10-11H2. The van der Waals surface area contributed by atoms with Gasteiger partial charge in [-0.05, 0) is 56.0 Å².